The van der Waals surface area contributed by atoms with Gasteiger partial charge < -0.3 is 9.73 Å². The number of halogens is 2. The topological polar surface area (TPSA) is 25.2 Å². The van der Waals surface area contributed by atoms with Gasteiger partial charge in [-0.2, -0.15) is 0 Å². The standard InChI is InChI=1S/C17H23Br2NO/c1-15-4-11-5-16(2,8-15)10-17(6-11,9-15)20-7-12-3-13(18)14(19)21-12/h3,11,20H,4-10H2,1-2H3. The number of hydrogen-bond acceptors (Lipinski definition) is 2. The summed E-state index contributed by atoms with van der Waals surface area (Å²) in [6.45, 7) is 5.88. The third-order valence-corrected chi connectivity index (χ3v) is 7.67. The molecule has 2 nitrogen and oxygen atoms in total. The molecule has 0 amide bonds. The van der Waals surface area contributed by atoms with E-state index in [1.807, 2.05) is 0 Å². The number of rotatable bonds is 3. The quantitative estimate of drug-likeness (QED) is 0.689. The van der Waals surface area contributed by atoms with Crippen LogP contribution in [-0.4, -0.2) is 5.54 Å². The zero-order valence-electron chi connectivity index (χ0n) is 12.8. The Balaban J connectivity index is 1.54. The van der Waals surface area contributed by atoms with Crippen LogP contribution in [0.15, 0.2) is 19.6 Å². The van der Waals surface area contributed by atoms with Crippen molar-refractivity contribution in [2.75, 3.05) is 0 Å². The molecule has 1 aromatic rings. The summed E-state index contributed by atoms with van der Waals surface area (Å²) in [7, 11) is 0. The molecule has 4 aliphatic carbocycles. The first-order valence-corrected chi connectivity index (χ1v) is 9.56. The summed E-state index contributed by atoms with van der Waals surface area (Å²) in [6, 6.07) is 2.07. The van der Waals surface area contributed by atoms with Crippen molar-refractivity contribution >= 4 is 31.9 Å². The van der Waals surface area contributed by atoms with Gasteiger partial charge in [0.2, 0.25) is 0 Å². The molecule has 4 saturated carbocycles. The third kappa shape index (κ3) is 2.55. The predicted octanol–water partition coefficient (Wildman–Crippen LogP) is 5.64. The van der Waals surface area contributed by atoms with E-state index >= 15 is 0 Å². The highest BCUT2D eigenvalue weighted by Crippen LogP contribution is 2.66. The lowest BCUT2D eigenvalue weighted by Crippen LogP contribution is -2.63. The van der Waals surface area contributed by atoms with Gasteiger partial charge in [-0.25, -0.2) is 0 Å². The number of hydrogen-bond donors (Lipinski definition) is 1. The second kappa shape index (κ2) is 4.61. The molecular weight excluding hydrogens is 394 g/mol. The van der Waals surface area contributed by atoms with E-state index in [1.54, 1.807) is 0 Å². The van der Waals surface area contributed by atoms with E-state index in [2.05, 4.69) is 57.1 Å². The molecule has 4 heteroatoms. The highest BCUT2D eigenvalue weighted by molar-refractivity contribution is 9.13. The van der Waals surface area contributed by atoms with E-state index in [0.717, 1.165) is 27.4 Å². The average Bonchev–Trinajstić information content (AvgIpc) is 2.62. The molecule has 1 heterocycles. The van der Waals surface area contributed by atoms with E-state index in [1.165, 1.54) is 38.5 Å². The van der Waals surface area contributed by atoms with Crippen LogP contribution in [0.4, 0.5) is 0 Å². The minimum atomic E-state index is 0.342. The fraction of sp³-hybridized carbons (Fsp3) is 0.765. The van der Waals surface area contributed by atoms with Gasteiger partial charge in [-0.1, -0.05) is 13.8 Å². The van der Waals surface area contributed by atoms with Crippen LogP contribution >= 0.6 is 31.9 Å². The van der Waals surface area contributed by atoms with Gasteiger partial charge in [-0.3, -0.25) is 0 Å². The van der Waals surface area contributed by atoms with Gasteiger partial charge in [0.1, 0.15) is 5.76 Å². The zero-order chi connectivity index (χ0) is 14.9. The van der Waals surface area contributed by atoms with Crippen LogP contribution in [0.2, 0.25) is 0 Å². The maximum atomic E-state index is 5.74. The van der Waals surface area contributed by atoms with Crippen LogP contribution in [-0.2, 0) is 6.54 Å². The van der Waals surface area contributed by atoms with Crippen molar-refractivity contribution in [3.63, 3.8) is 0 Å². The van der Waals surface area contributed by atoms with Gasteiger partial charge in [0.05, 0.1) is 11.0 Å². The molecule has 1 aromatic heterocycles. The van der Waals surface area contributed by atoms with E-state index in [9.17, 15) is 0 Å². The highest BCUT2D eigenvalue weighted by atomic mass is 79.9. The van der Waals surface area contributed by atoms with Crippen molar-refractivity contribution in [1.82, 2.24) is 5.32 Å². The Hall–Kier alpha value is 0.200. The molecule has 2 unspecified atom stereocenters. The Kier molecular flexibility index (Phi) is 3.24. The van der Waals surface area contributed by atoms with Crippen LogP contribution in [0, 0.1) is 16.7 Å². The normalized spacial score (nSPS) is 44.5. The van der Waals surface area contributed by atoms with E-state index in [4.69, 9.17) is 4.42 Å². The van der Waals surface area contributed by atoms with Gasteiger partial charge in [-0.05, 0) is 93.2 Å². The van der Waals surface area contributed by atoms with Crippen LogP contribution in [0.3, 0.4) is 0 Å². The summed E-state index contributed by atoms with van der Waals surface area (Å²) in [5.41, 5.74) is 1.46. The molecule has 0 radical (unpaired) electrons. The smallest absolute Gasteiger partial charge is 0.183 e. The van der Waals surface area contributed by atoms with Crippen molar-refractivity contribution in [1.29, 1.82) is 0 Å². The van der Waals surface area contributed by atoms with E-state index < -0.39 is 0 Å². The summed E-state index contributed by atoms with van der Waals surface area (Å²) in [4.78, 5) is 0. The highest BCUT2D eigenvalue weighted by Gasteiger charge is 2.59. The lowest BCUT2D eigenvalue weighted by molar-refractivity contribution is -0.118. The van der Waals surface area contributed by atoms with Crippen molar-refractivity contribution in [2.45, 2.75) is 64.5 Å². The molecule has 116 valence electrons. The lowest BCUT2D eigenvalue weighted by Gasteiger charge is -2.65. The summed E-state index contributed by atoms with van der Waals surface area (Å²) >= 11 is 6.92. The Bertz CT molecular complexity index is 544. The molecule has 2 atom stereocenters. The molecule has 0 spiro atoms. The molecule has 21 heavy (non-hydrogen) atoms. The minimum absolute atomic E-state index is 0.342. The van der Waals surface area contributed by atoms with Gasteiger partial charge in [-0.15, -0.1) is 0 Å². The SMILES string of the molecule is CC12CC3CC(C)(C1)CC(NCc1cc(Br)c(Br)o1)(C3)C2. The lowest BCUT2D eigenvalue weighted by atomic mass is 9.43. The van der Waals surface area contributed by atoms with Crippen LogP contribution in [0.5, 0.6) is 0 Å². The van der Waals surface area contributed by atoms with Gasteiger partial charge in [0.15, 0.2) is 4.67 Å². The van der Waals surface area contributed by atoms with Crippen LogP contribution < -0.4 is 5.32 Å². The molecule has 4 fully saturated rings. The zero-order valence-corrected chi connectivity index (χ0v) is 15.9. The second-order valence-electron chi connectivity index (χ2n) is 8.60. The first-order chi connectivity index (χ1) is 9.79. The average molecular weight is 417 g/mol. The van der Waals surface area contributed by atoms with Crippen molar-refractivity contribution < 1.29 is 4.42 Å². The Morgan fingerprint density at radius 3 is 2.33 bits per heavy atom. The molecule has 4 aliphatic rings. The maximum Gasteiger partial charge on any atom is 0.183 e. The molecule has 5 rings (SSSR count). The number of furan rings is 1. The molecule has 1 N–H and O–H groups in total. The molecular formula is C17H23Br2NO. The van der Waals surface area contributed by atoms with Crippen molar-refractivity contribution in [2.24, 2.45) is 16.7 Å². The molecule has 0 aromatic carbocycles. The maximum absolute atomic E-state index is 5.74. The predicted molar refractivity (Wildman–Crippen MR) is 91.1 cm³/mol. The largest absolute Gasteiger partial charge is 0.452 e. The Labute approximate surface area is 143 Å². The fourth-order valence-corrected chi connectivity index (χ4v) is 7.06. The molecule has 4 bridgehead atoms. The Morgan fingerprint density at radius 2 is 1.81 bits per heavy atom. The molecule has 0 aliphatic heterocycles. The summed E-state index contributed by atoms with van der Waals surface area (Å²) in [6.07, 6.45) is 8.37. The van der Waals surface area contributed by atoms with Gasteiger partial charge >= 0.3 is 0 Å². The van der Waals surface area contributed by atoms with Crippen LogP contribution in [0.1, 0.15) is 58.1 Å². The fourth-order valence-electron chi connectivity index (χ4n) is 6.40. The summed E-state index contributed by atoms with van der Waals surface area (Å²) in [5.74, 6) is 1.94. The summed E-state index contributed by atoms with van der Waals surface area (Å²) < 4.78 is 7.53. The third-order valence-electron chi connectivity index (χ3n) is 5.96. The Morgan fingerprint density at radius 1 is 1.14 bits per heavy atom. The molecule has 0 saturated heterocycles. The van der Waals surface area contributed by atoms with Gasteiger partial charge in [0.25, 0.3) is 0 Å². The number of nitrogens with one attached hydrogen (secondary N) is 1. The minimum Gasteiger partial charge on any atom is -0.452 e. The van der Waals surface area contributed by atoms with Crippen LogP contribution in [0.25, 0.3) is 0 Å². The van der Waals surface area contributed by atoms with E-state index in [-0.39, 0.29) is 0 Å². The van der Waals surface area contributed by atoms with E-state index in [0.29, 0.717) is 16.4 Å². The summed E-state index contributed by atoms with van der Waals surface area (Å²) in [5, 5.41) is 3.90. The van der Waals surface area contributed by atoms with Crippen molar-refractivity contribution in [3.8, 4) is 0 Å². The van der Waals surface area contributed by atoms with Gasteiger partial charge in [0, 0.05) is 5.54 Å². The van der Waals surface area contributed by atoms with Crippen molar-refractivity contribution in [3.05, 3.63) is 21.0 Å². The monoisotopic (exact) mass is 415 g/mol. The first kappa shape index (κ1) is 14.8. The second-order valence-corrected chi connectivity index (χ2v) is 10.2. The first-order valence-electron chi connectivity index (χ1n) is 7.98.